The van der Waals surface area contributed by atoms with Crippen molar-refractivity contribution in [2.24, 2.45) is 0 Å². The Bertz CT molecular complexity index is 810. The quantitative estimate of drug-likeness (QED) is 0.484. The number of para-hydroxylation sites is 1. The molecule has 0 aliphatic heterocycles. The van der Waals surface area contributed by atoms with Crippen LogP contribution in [0.3, 0.4) is 0 Å². The molecule has 0 unspecified atom stereocenters. The van der Waals surface area contributed by atoms with Gasteiger partial charge in [-0.1, -0.05) is 32.0 Å². The van der Waals surface area contributed by atoms with Crippen molar-refractivity contribution in [3.63, 3.8) is 0 Å². The molecule has 1 N–H and O–H groups in total. The molecule has 0 bridgehead atoms. The molecule has 0 saturated heterocycles. The van der Waals surface area contributed by atoms with Crippen LogP contribution in [0, 0.1) is 0 Å². The van der Waals surface area contributed by atoms with Crippen molar-refractivity contribution in [2.75, 3.05) is 13.2 Å². The summed E-state index contributed by atoms with van der Waals surface area (Å²) < 4.78 is 10.3. The maximum atomic E-state index is 6.01. The fraction of sp³-hybridized carbons (Fsp3) is 0.455. The van der Waals surface area contributed by atoms with Crippen LogP contribution in [0.2, 0.25) is 0 Å². The fourth-order valence-corrected chi connectivity index (χ4v) is 3.25. The Morgan fingerprint density at radius 3 is 2.79 bits per heavy atom. The first kappa shape index (κ1) is 20.1. The van der Waals surface area contributed by atoms with Gasteiger partial charge in [0.15, 0.2) is 0 Å². The van der Waals surface area contributed by atoms with E-state index in [1.807, 2.05) is 24.8 Å². The first-order chi connectivity index (χ1) is 13.7. The summed E-state index contributed by atoms with van der Waals surface area (Å²) in [6, 6.07) is 8.27. The van der Waals surface area contributed by atoms with Crippen LogP contribution in [-0.4, -0.2) is 32.3 Å². The second-order valence-corrected chi connectivity index (χ2v) is 7.27. The van der Waals surface area contributed by atoms with Gasteiger partial charge in [0, 0.05) is 55.9 Å². The lowest BCUT2D eigenvalue weighted by Gasteiger charge is -2.13. The zero-order valence-electron chi connectivity index (χ0n) is 16.9. The molecule has 0 atom stereocenters. The van der Waals surface area contributed by atoms with Gasteiger partial charge in [0.1, 0.15) is 11.6 Å². The van der Waals surface area contributed by atoms with Gasteiger partial charge in [-0.2, -0.15) is 0 Å². The summed E-state index contributed by atoms with van der Waals surface area (Å²) in [6.07, 6.45) is 11.6. The molecule has 6 heteroatoms. The Kier molecular flexibility index (Phi) is 7.67. The van der Waals surface area contributed by atoms with Gasteiger partial charge >= 0.3 is 0 Å². The minimum atomic E-state index is 0.459. The summed E-state index contributed by atoms with van der Waals surface area (Å²) in [5.41, 5.74) is 1.20. The summed E-state index contributed by atoms with van der Waals surface area (Å²) >= 11 is 0. The maximum Gasteiger partial charge on any atom is 0.123 e. The normalized spacial score (nSPS) is 11.2. The van der Waals surface area contributed by atoms with E-state index < -0.39 is 0 Å². The van der Waals surface area contributed by atoms with Gasteiger partial charge < -0.3 is 19.2 Å². The topological polar surface area (TPSA) is 56.9 Å². The molecule has 3 aromatic rings. The molecular weight excluding hydrogens is 350 g/mol. The molecule has 28 heavy (non-hydrogen) atoms. The number of benzene rings is 1. The van der Waals surface area contributed by atoms with Gasteiger partial charge in [-0.05, 0) is 25.5 Å². The number of nitrogens with one attached hydrogen (secondary N) is 1. The Balaban J connectivity index is 1.37. The summed E-state index contributed by atoms with van der Waals surface area (Å²) in [5.74, 6) is 2.59. The summed E-state index contributed by atoms with van der Waals surface area (Å²) in [5, 5.41) is 3.54. The molecule has 2 heterocycles. The minimum absolute atomic E-state index is 0.459. The van der Waals surface area contributed by atoms with Crippen molar-refractivity contribution in [1.82, 2.24) is 24.4 Å². The lowest BCUT2D eigenvalue weighted by Crippen LogP contribution is -2.18. The van der Waals surface area contributed by atoms with E-state index in [4.69, 9.17) is 4.74 Å². The number of hydrogen-bond donors (Lipinski definition) is 1. The third kappa shape index (κ3) is 5.96. The minimum Gasteiger partial charge on any atom is -0.493 e. The summed E-state index contributed by atoms with van der Waals surface area (Å²) in [6.45, 7) is 8.77. The number of ether oxygens (including phenoxy) is 1. The van der Waals surface area contributed by atoms with Gasteiger partial charge in [-0.25, -0.2) is 9.97 Å². The molecule has 3 rings (SSSR count). The van der Waals surface area contributed by atoms with Crippen molar-refractivity contribution >= 4 is 0 Å². The SMILES string of the molecule is CC(C)c1nccn1CCCNCc1ccccc1OCCCn1ccnc1. The van der Waals surface area contributed by atoms with Crippen LogP contribution < -0.4 is 10.1 Å². The molecule has 6 nitrogen and oxygen atoms in total. The number of nitrogens with zero attached hydrogens (tertiary/aromatic N) is 4. The number of aryl methyl sites for hydroxylation is 2. The fourth-order valence-electron chi connectivity index (χ4n) is 3.25. The smallest absolute Gasteiger partial charge is 0.123 e. The molecule has 0 aliphatic rings. The van der Waals surface area contributed by atoms with E-state index >= 15 is 0 Å². The zero-order valence-corrected chi connectivity index (χ0v) is 16.9. The highest BCUT2D eigenvalue weighted by molar-refractivity contribution is 5.33. The lowest BCUT2D eigenvalue weighted by atomic mass is 10.2. The van der Waals surface area contributed by atoms with Crippen molar-refractivity contribution in [3.05, 3.63) is 66.8 Å². The van der Waals surface area contributed by atoms with Crippen LogP contribution in [-0.2, 0) is 19.6 Å². The highest BCUT2D eigenvalue weighted by atomic mass is 16.5. The van der Waals surface area contributed by atoms with E-state index in [0.29, 0.717) is 12.5 Å². The molecule has 2 aromatic heterocycles. The van der Waals surface area contributed by atoms with Crippen LogP contribution in [0.15, 0.2) is 55.4 Å². The second-order valence-electron chi connectivity index (χ2n) is 7.27. The average Bonchev–Trinajstić information content (AvgIpc) is 3.38. The highest BCUT2D eigenvalue weighted by Crippen LogP contribution is 2.18. The number of aromatic nitrogens is 4. The monoisotopic (exact) mass is 381 g/mol. The van der Waals surface area contributed by atoms with E-state index in [1.54, 1.807) is 6.20 Å². The van der Waals surface area contributed by atoms with Crippen LogP contribution in [0.5, 0.6) is 5.75 Å². The third-order valence-electron chi connectivity index (χ3n) is 4.68. The van der Waals surface area contributed by atoms with Crippen molar-refractivity contribution < 1.29 is 4.74 Å². The van der Waals surface area contributed by atoms with Crippen LogP contribution >= 0.6 is 0 Å². The van der Waals surface area contributed by atoms with Gasteiger partial charge in [-0.15, -0.1) is 0 Å². The molecule has 0 fully saturated rings. The number of rotatable bonds is 12. The highest BCUT2D eigenvalue weighted by Gasteiger charge is 2.07. The number of imidazole rings is 2. The van der Waals surface area contributed by atoms with E-state index in [2.05, 4.69) is 62.7 Å². The molecule has 0 radical (unpaired) electrons. The van der Waals surface area contributed by atoms with E-state index in [9.17, 15) is 0 Å². The standard InChI is InChI=1S/C22H31N5O/c1-19(2)22-25-11-15-27(22)13-5-9-23-17-20-7-3-4-8-21(20)28-16-6-12-26-14-10-24-18-26/h3-4,7-8,10-11,14-15,18-19,23H,5-6,9,12-13,16-17H2,1-2H3. The van der Waals surface area contributed by atoms with Gasteiger partial charge in [0.05, 0.1) is 12.9 Å². The van der Waals surface area contributed by atoms with Crippen LogP contribution in [0.4, 0.5) is 0 Å². The van der Waals surface area contributed by atoms with E-state index in [-0.39, 0.29) is 0 Å². The molecular formula is C22H31N5O. The third-order valence-corrected chi connectivity index (χ3v) is 4.68. The Morgan fingerprint density at radius 2 is 1.96 bits per heavy atom. The first-order valence-corrected chi connectivity index (χ1v) is 10.1. The summed E-state index contributed by atoms with van der Waals surface area (Å²) in [7, 11) is 0. The first-order valence-electron chi connectivity index (χ1n) is 10.1. The van der Waals surface area contributed by atoms with E-state index in [0.717, 1.165) is 50.6 Å². The average molecular weight is 382 g/mol. The second kappa shape index (κ2) is 10.7. The van der Waals surface area contributed by atoms with Crippen LogP contribution in [0.1, 0.15) is 44.0 Å². The molecule has 0 amide bonds. The Hall–Kier alpha value is -2.60. The Labute approximate surface area is 167 Å². The molecule has 0 saturated carbocycles. The van der Waals surface area contributed by atoms with Crippen molar-refractivity contribution in [3.8, 4) is 5.75 Å². The Morgan fingerprint density at radius 1 is 1.07 bits per heavy atom. The molecule has 0 spiro atoms. The molecule has 1 aromatic carbocycles. The van der Waals surface area contributed by atoms with Crippen molar-refractivity contribution in [2.45, 2.75) is 52.2 Å². The maximum absolute atomic E-state index is 6.01. The van der Waals surface area contributed by atoms with E-state index in [1.165, 1.54) is 5.56 Å². The van der Waals surface area contributed by atoms with Gasteiger partial charge in [0.25, 0.3) is 0 Å². The van der Waals surface area contributed by atoms with Crippen LogP contribution in [0.25, 0.3) is 0 Å². The number of hydrogen-bond acceptors (Lipinski definition) is 4. The summed E-state index contributed by atoms with van der Waals surface area (Å²) in [4.78, 5) is 8.51. The predicted octanol–water partition coefficient (Wildman–Crippen LogP) is 3.85. The predicted molar refractivity (Wildman–Crippen MR) is 111 cm³/mol. The van der Waals surface area contributed by atoms with Crippen molar-refractivity contribution in [1.29, 1.82) is 0 Å². The largest absolute Gasteiger partial charge is 0.493 e. The molecule has 150 valence electrons. The molecule has 0 aliphatic carbocycles. The zero-order chi connectivity index (χ0) is 19.6. The van der Waals surface area contributed by atoms with Gasteiger partial charge in [-0.3, -0.25) is 0 Å². The lowest BCUT2D eigenvalue weighted by molar-refractivity contribution is 0.298. The van der Waals surface area contributed by atoms with Gasteiger partial charge in [0.2, 0.25) is 0 Å².